The van der Waals surface area contributed by atoms with Crippen LogP contribution in [0.1, 0.15) is 42.6 Å². The maximum Gasteiger partial charge on any atom is 0.192 e. The molecule has 3 rings (SSSR count). The molecule has 0 aromatic heterocycles. The number of methoxy groups -OCH3 is 1. The van der Waals surface area contributed by atoms with Crippen LogP contribution in [0.3, 0.4) is 0 Å². The molecule has 0 bridgehead atoms. The highest BCUT2D eigenvalue weighted by Gasteiger charge is 2.27. The molecule has 2 aromatic rings. The second kappa shape index (κ2) is 9.51. The van der Waals surface area contributed by atoms with Crippen molar-refractivity contribution in [1.29, 1.82) is 0 Å². The number of rotatable bonds is 7. The number of carbonyl (C=O) groups excluding carboxylic acids is 1. The normalized spacial score (nSPS) is 15.3. The van der Waals surface area contributed by atoms with Crippen LogP contribution in [0.15, 0.2) is 59.3 Å². The van der Waals surface area contributed by atoms with Crippen molar-refractivity contribution in [1.82, 2.24) is 4.90 Å². The second-order valence-corrected chi connectivity index (χ2v) is 8.19. The van der Waals surface area contributed by atoms with Crippen molar-refractivity contribution in [3.8, 4) is 5.75 Å². The van der Waals surface area contributed by atoms with Gasteiger partial charge in [-0.05, 0) is 49.2 Å². The molecule has 0 N–H and O–H groups in total. The van der Waals surface area contributed by atoms with Crippen LogP contribution in [0.2, 0.25) is 5.02 Å². The minimum atomic E-state index is -0.267. The average molecular weight is 432 g/mol. The highest BCUT2D eigenvalue weighted by molar-refractivity contribution is 8.12. The number of unbranched alkanes of at least 4 members (excludes halogenated alkanes) is 1. The number of hydrogen-bond acceptors (Lipinski definition) is 4. The van der Waals surface area contributed by atoms with Crippen molar-refractivity contribution < 1.29 is 13.9 Å². The molecular formula is C23H23ClFNO2S. The van der Waals surface area contributed by atoms with E-state index in [1.165, 1.54) is 31.0 Å². The Labute approximate surface area is 180 Å². The van der Waals surface area contributed by atoms with Crippen LogP contribution in [0, 0.1) is 5.82 Å². The number of halogens is 2. The molecule has 1 heterocycles. The van der Waals surface area contributed by atoms with E-state index < -0.39 is 0 Å². The van der Waals surface area contributed by atoms with E-state index in [9.17, 15) is 9.18 Å². The molecule has 0 spiro atoms. The van der Waals surface area contributed by atoms with Crippen LogP contribution >= 0.6 is 23.4 Å². The molecule has 0 amide bonds. The van der Waals surface area contributed by atoms with Gasteiger partial charge in [0.25, 0.3) is 0 Å². The fourth-order valence-electron chi connectivity index (χ4n) is 3.15. The lowest BCUT2D eigenvalue weighted by Gasteiger charge is -2.21. The summed E-state index contributed by atoms with van der Waals surface area (Å²) in [6.45, 7) is 4.98. The first-order valence-electron chi connectivity index (χ1n) is 9.46. The fourth-order valence-corrected chi connectivity index (χ4v) is 4.55. The van der Waals surface area contributed by atoms with Crippen LogP contribution in [0.25, 0.3) is 4.91 Å². The van der Waals surface area contributed by atoms with Crippen LogP contribution < -0.4 is 4.74 Å². The molecule has 29 heavy (non-hydrogen) atoms. The number of benzene rings is 2. The molecular weight excluding hydrogens is 409 g/mol. The van der Waals surface area contributed by atoms with Gasteiger partial charge in [0.2, 0.25) is 0 Å². The molecule has 6 heteroatoms. The van der Waals surface area contributed by atoms with E-state index in [0.717, 1.165) is 40.6 Å². The van der Waals surface area contributed by atoms with Gasteiger partial charge < -0.3 is 9.64 Å². The predicted molar refractivity (Wildman–Crippen MR) is 119 cm³/mol. The van der Waals surface area contributed by atoms with Crippen molar-refractivity contribution in [3.05, 3.63) is 81.2 Å². The molecule has 0 radical (unpaired) electrons. The maximum atomic E-state index is 13.3. The first kappa shape index (κ1) is 21.5. The predicted octanol–water partition coefficient (Wildman–Crippen LogP) is 6.75. The van der Waals surface area contributed by atoms with Gasteiger partial charge >= 0.3 is 0 Å². The molecule has 2 aromatic carbocycles. The Hall–Kier alpha value is -2.24. The Morgan fingerprint density at radius 2 is 1.97 bits per heavy atom. The Morgan fingerprint density at radius 1 is 1.24 bits per heavy atom. The van der Waals surface area contributed by atoms with Crippen LogP contribution in [-0.4, -0.2) is 24.3 Å². The van der Waals surface area contributed by atoms with E-state index in [0.29, 0.717) is 16.3 Å². The van der Waals surface area contributed by atoms with Crippen LogP contribution in [0.5, 0.6) is 5.75 Å². The highest BCUT2D eigenvalue weighted by atomic mass is 35.5. The monoisotopic (exact) mass is 431 g/mol. The molecule has 0 saturated heterocycles. The molecule has 3 nitrogen and oxygen atoms in total. The SMILES string of the molecule is CCCCN1C(C)=C(c2ccc(F)cc2)S/C1=C\C(=O)c1cc(Cl)ccc1OC. The van der Waals surface area contributed by atoms with Gasteiger partial charge in [0.05, 0.1) is 17.7 Å². The summed E-state index contributed by atoms with van der Waals surface area (Å²) in [6.07, 6.45) is 3.68. The first-order valence-corrected chi connectivity index (χ1v) is 10.7. The van der Waals surface area contributed by atoms with Gasteiger partial charge in [-0.25, -0.2) is 4.39 Å². The molecule has 0 unspecified atom stereocenters. The molecule has 0 fully saturated rings. The van der Waals surface area contributed by atoms with E-state index in [4.69, 9.17) is 16.3 Å². The van der Waals surface area contributed by atoms with Gasteiger partial charge in [0, 0.05) is 28.2 Å². The molecule has 0 aliphatic carbocycles. The molecule has 0 saturated carbocycles. The lowest BCUT2D eigenvalue weighted by atomic mass is 10.1. The van der Waals surface area contributed by atoms with E-state index in [1.807, 2.05) is 6.92 Å². The topological polar surface area (TPSA) is 29.5 Å². The molecule has 1 aliphatic rings. The summed E-state index contributed by atoms with van der Waals surface area (Å²) in [6, 6.07) is 11.5. The lowest BCUT2D eigenvalue weighted by molar-refractivity contribution is 0.104. The summed E-state index contributed by atoms with van der Waals surface area (Å²) in [7, 11) is 1.53. The maximum absolute atomic E-state index is 13.3. The van der Waals surface area contributed by atoms with Gasteiger partial charge in [0.15, 0.2) is 5.78 Å². The Morgan fingerprint density at radius 3 is 2.62 bits per heavy atom. The highest BCUT2D eigenvalue weighted by Crippen LogP contribution is 2.46. The summed E-state index contributed by atoms with van der Waals surface area (Å²) >= 11 is 7.61. The number of ether oxygens (including phenoxy) is 1. The van der Waals surface area contributed by atoms with Gasteiger partial charge in [-0.3, -0.25) is 4.79 Å². The summed E-state index contributed by atoms with van der Waals surface area (Å²) in [4.78, 5) is 16.2. The smallest absolute Gasteiger partial charge is 0.192 e. The number of ketones is 1. The zero-order valence-corrected chi connectivity index (χ0v) is 18.2. The second-order valence-electron chi connectivity index (χ2n) is 6.72. The largest absolute Gasteiger partial charge is 0.496 e. The zero-order chi connectivity index (χ0) is 21.0. The molecule has 152 valence electrons. The van der Waals surface area contributed by atoms with Crippen molar-refractivity contribution in [3.63, 3.8) is 0 Å². The van der Waals surface area contributed by atoms with E-state index >= 15 is 0 Å². The third-order valence-corrected chi connectivity index (χ3v) is 6.25. The van der Waals surface area contributed by atoms with Crippen LogP contribution in [-0.2, 0) is 0 Å². The van der Waals surface area contributed by atoms with E-state index in [2.05, 4.69) is 11.8 Å². The summed E-state index contributed by atoms with van der Waals surface area (Å²) in [5, 5.41) is 1.33. The van der Waals surface area contributed by atoms with Crippen molar-refractivity contribution in [2.45, 2.75) is 26.7 Å². The first-order chi connectivity index (χ1) is 13.9. The van der Waals surface area contributed by atoms with Crippen molar-refractivity contribution >= 4 is 34.1 Å². The third kappa shape index (κ3) is 4.85. The Kier molecular flexibility index (Phi) is 7.04. The van der Waals surface area contributed by atoms with Crippen molar-refractivity contribution in [2.75, 3.05) is 13.7 Å². The van der Waals surface area contributed by atoms with Crippen LogP contribution in [0.4, 0.5) is 4.39 Å². The molecule has 0 atom stereocenters. The van der Waals surface area contributed by atoms with E-state index in [1.54, 1.807) is 36.4 Å². The van der Waals surface area contributed by atoms with Gasteiger partial charge in [-0.2, -0.15) is 0 Å². The lowest BCUT2D eigenvalue weighted by Crippen LogP contribution is -2.18. The summed E-state index contributed by atoms with van der Waals surface area (Å²) in [5.41, 5.74) is 2.43. The minimum absolute atomic E-state index is 0.165. The number of nitrogens with zero attached hydrogens (tertiary/aromatic N) is 1. The number of thioether (sulfide) groups is 1. The van der Waals surface area contributed by atoms with Crippen molar-refractivity contribution in [2.24, 2.45) is 0 Å². The number of hydrogen-bond donors (Lipinski definition) is 0. The number of carbonyl (C=O) groups is 1. The summed E-state index contributed by atoms with van der Waals surface area (Å²) in [5.74, 6) is 0.0566. The minimum Gasteiger partial charge on any atom is -0.496 e. The number of allylic oxidation sites excluding steroid dienone is 2. The average Bonchev–Trinajstić information content (AvgIpc) is 3.02. The molecule has 1 aliphatic heterocycles. The fraction of sp³-hybridized carbons (Fsp3) is 0.261. The third-order valence-electron chi connectivity index (χ3n) is 4.73. The van der Waals surface area contributed by atoms with Gasteiger partial charge in [0.1, 0.15) is 11.6 Å². The van der Waals surface area contributed by atoms with Gasteiger partial charge in [-0.15, -0.1) is 0 Å². The zero-order valence-electron chi connectivity index (χ0n) is 16.7. The van der Waals surface area contributed by atoms with Gasteiger partial charge in [-0.1, -0.05) is 48.8 Å². The Bertz CT molecular complexity index is 969. The van der Waals surface area contributed by atoms with E-state index in [-0.39, 0.29) is 11.6 Å². The summed E-state index contributed by atoms with van der Waals surface area (Å²) < 4.78 is 18.7. The standard InChI is InChI=1S/C23H23ClFNO2S/c1-4-5-12-26-15(2)23(16-6-9-18(25)10-7-16)29-22(26)14-20(27)19-13-17(24)8-11-21(19)28-3/h6-11,13-14H,4-5,12H2,1-3H3/b22-14-. The quantitative estimate of drug-likeness (QED) is 0.358. The Balaban J connectivity index is 1.96.